The molecule has 1 fully saturated rings. The van der Waals surface area contributed by atoms with Crippen molar-refractivity contribution in [2.45, 2.75) is 25.4 Å². The summed E-state index contributed by atoms with van der Waals surface area (Å²) in [5.74, 6) is 1.71. The molecule has 0 saturated carbocycles. The molecular formula is C15H27N5O. The van der Waals surface area contributed by atoms with E-state index in [9.17, 15) is 5.11 Å². The lowest BCUT2D eigenvalue weighted by atomic mass is 9.91. The summed E-state index contributed by atoms with van der Waals surface area (Å²) < 4.78 is 0. The van der Waals surface area contributed by atoms with Gasteiger partial charge >= 0.3 is 0 Å². The number of aryl methyl sites for hydroxylation is 1. The maximum atomic E-state index is 10.6. The molecule has 0 amide bonds. The van der Waals surface area contributed by atoms with Gasteiger partial charge in [0, 0.05) is 45.5 Å². The van der Waals surface area contributed by atoms with Crippen molar-refractivity contribution in [1.82, 2.24) is 14.9 Å². The maximum absolute atomic E-state index is 10.6. The second-order valence-electron chi connectivity index (χ2n) is 6.52. The van der Waals surface area contributed by atoms with Crippen LogP contribution >= 0.6 is 0 Å². The number of hydrogen-bond donors (Lipinski definition) is 1. The summed E-state index contributed by atoms with van der Waals surface area (Å²) in [5.41, 5.74) is 0.486. The minimum Gasteiger partial charge on any atom is -0.388 e. The molecule has 1 saturated heterocycles. The Balaban J connectivity index is 2.07. The first kappa shape index (κ1) is 16.0. The van der Waals surface area contributed by atoms with E-state index < -0.39 is 5.60 Å². The number of hydrogen-bond acceptors (Lipinski definition) is 6. The smallest absolute Gasteiger partial charge is 0.227 e. The molecular weight excluding hydrogens is 266 g/mol. The van der Waals surface area contributed by atoms with E-state index in [2.05, 4.69) is 14.9 Å². The summed E-state index contributed by atoms with van der Waals surface area (Å²) in [4.78, 5) is 15.3. The van der Waals surface area contributed by atoms with E-state index in [-0.39, 0.29) is 0 Å². The van der Waals surface area contributed by atoms with Crippen molar-refractivity contribution in [3.63, 3.8) is 0 Å². The predicted molar refractivity (Wildman–Crippen MR) is 86.0 cm³/mol. The Morgan fingerprint density at radius 3 is 2.38 bits per heavy atom. The van der Waals surface area contributed by atoms with Crippen molar-refractivity contribution in [1.29, 1.82) is 0 Å². The van der Waals surface area contributed by atoms with Gasteiger partial charge in [0.15, 0.2) is 0 Å². The number of likely N-dealkylation sites (N-methyl/N-ethyl adjacent to an activating group) is 1. The van der Waals surface area contributed by atoms with Gasteiger partial charge in [-0.15, -0.1) is 0 Å². The van der Waals surface area contributed by atoms with Gasteiger partial charge in [0.2, 0.25) is 5.95 Å². The van der Waals surface area contributed by atoms with Gasteiger partial charge in [0.05, 0.1) is 5.60 Å². The summed E-state index contributed by atoms with van der Waals surface area (Å²) in [6, 6.07) is 0. The number of aliphatic hydroxyl groups is 1. The fourth-order valence-electron chi connectivity index (χ4n) is 2.90. The van der Waals surface area contributed by atoms with Gasteiger partial charge in [0.25, 0.3) is 0 Å². The van der Waals surface area contributed by atoms with Crippen LogP contribution in [0.2, 0.25) is 0 Å². The quantitative estimate of drug-likeness (QED) is 0.884. The topological polar surface area (TPSA) is 55.7 Å². The third kappa shape index (κ3) is 3.83. The fraction of sp³-hybridized carbons (Fsp3) is 0.733. The van der Waals surface area contributed by atoms with E-state index in [1.165, 1.54) is 0 Å². The average molecular weight is 293 g/mol. The monoisotopic (exact) mass is 293 g/mol. The van der Waals surface area contributed by atoms with Gasteiger partial charge in [-0.2, -0.15) is 4.98 Å². The highest BCUT2D eigenvalue weighted by Crippen LogP contribution is 2.26. The molecule has 0 bridgehead atoms. The third-order valence-electron chi connectivity index (χ3n) is 3.94. The number of piperidine rings is 1. The molecule has 1 aliphatic rings. The highest BCUT2D eigenvalue weighted by Gasteiger charge is 2.33. The number of nitrogens with zero attached hydrogens (tertiary/aromatic N) is 5. The van der Waals surface area contributed by atoms with Crippen LogP contribution in [-0.4, -0.2) is 73.4 Å². The molecule has 2 heterocycles. The summed E-state index contributed by atoms with van der Waals surface area (Å²) >= 11 is 0. The van der Waals surface area contributed by atoms with E-state index in [4.69, 9.17) is 0 Å². The molecule has 0 atom stereocenters. The van der Waals surface area contributed by atoms with Crippen molar-refractivity contribution in [2.24, 2.45) is 0 Å². The highest BCUT2D eigenvalue weighted by molar-refractivity contribution is 5.48. The fourth-order valence-corrected chi connectivity index (χ4v) is 2.90. The maximum Gasteiger partial charge on any atom is 0.227 e. The zero-order chi connectivity index (χ0) is 15.6. The molecule has 0 radical (unpaired) electrons. The normalized spacial score (nSPS) is 18.1. The first-order chi connectivity index (χ1) is 9.81. The second-order valence-corrected chi connectivity index (χ2v) is 6.52. The molecule has 2 rings (SSSR count). The van der Waals surface area contributed by atoms with Crippen LogP contribution in [0.4, 0.5) is 11.8 Å². The van der Waals surface area contributed by atoms with E-state index >= 15 is 0 Å². The van der Waals surface area contributed by atoms with Gasteiger partial charge in [-0.1, -0.05) is 0 Å². The minimum atomic E-state index is -0.588. The Labute approximate surface area is 127 Å². The second kappa shape index (κ2) is 6.15. The van der Waals surface area contributed by atoms with Crippen LogP contribution in [0.3, 0.4) is 0 Å². The van der Waals surface area contributed by atoms with Crippen LogP contribution in [0.1, 0.15) is 18.4 Å². The van der Waals surface area contributed by atoms with Crippen LogP contribution in [0.5, 0.6) is 0 Å². The van der Waals surface area contributed by atoms with Crippen LogP contribution in [0, 0.1) is 6.92 Å². The Kier molecular flexibility index (Phi) is 4.68. The lowest BCUT2D eigenvalue weighted by Gasteiger charge is -2.39. The largest absolute Gasteiger partial charge is 0.388 e. The Morgan fingerprint density at radius 1 is 1.24 bits per heavy atom. The lowest BCUT2D eigenvalue weighted by Crippen LogP contribution is -2.50. The van der Waals surface area contributed by atoms with Crippen LogP contribution < -0.4 is 9.80 Å². The number of anilines is 2. The van der Waals surface area contributed by atoms with Crippen LogP contribution in [0.25, 0.3) is 0 Å². The Morgan fingerprint density at radius 2 is 1.86 bits per heavy atom. The third-order valence-corrected chi connectivity index (χ3v) is 3.94. The molecule has 21 heavy (non-hydrogen) atoms. The standard InChI is InChI=1S/C15H27N5O/c1-12-10-16-14(17-13(12)19(4)5)20-8-6-15(21,7-9-20)11-18(2)3/h10,21H,6-9,11H2,1-5H3. The molecule has 6 heteroatoms. The molecule has 6 nitrogen and oxygen atoms in total. The van der Waals surface area contributed by atoms with Gasteiger partial charge < -0.3 is 19.8 Å². The van der Waals surface area contributed by atoms with Crippen LogP contribution in [-0.2, 0) is 0 Å². The Bertz CT molecular complexity index is 481. The van der Waals surface area contributed by atoms with Crippen molar-refractivity contribution >= 4 is 11.8 Å². The van der Waals surface area contributed by atoms with Crippen molar-refractivity contribution in [2.75, 3.05) is 57.6 Å². The summed E-state index contributed by atoms with van der Waals surface area (Å²) in [5, 5.41) is 10.6. The predicted octanol–water partition coefficient (Wildman–Crippen LogP) is 0.744. The zero-order valence-corrected chi connectivity index (χ0v) is 13.8. The molecule has 1 N–H and O–H groups in total. The average Bonchev–Trinajstić information content (AvgIpc) is 2.39. The van der Waals surface area contributed by atoms with E-state index in [1.54, 1.807) is 0 Å². The molecule has 118 valence electrons. The van der Waals surface area contributed by atoms with Crippen molar-refractivity contribution in [3.05, 3.63) is 11.8 Å². The molecule has 0 spiro atoms. The summed E-state index contributed by atoms with van der Waals surface area (Å²) in [6.45, 7) is 4.31. The van der Waals surface area contributed by atoms with Crippen molar-refractivity contribution in [3.8, 4) is 0 Å². The van der Waals surface area contributed by atoms with Crippen LogP contribution in [0.15, 0.2) is 6.20 Å². The van der Waals surface area contributed by atoms with Crippen molar-refractivity contribution < 1.29 is 5.11 Å². The van der Waals surface area contributed by atoms with Gasteiger partial charge in [-0.05, 0) is 33.9 Å². The molecule has 1 aromatic heterocycles. The Hall–Kier alpha value is -1.40. The van der Waals surface area contributed by atoms with E-state index in [0.29, 0.717) is 6.54 Å². The molecule has 1 aliphatic heterocycles. The zero-order valence-electron chi connectivity index (χ0n) is 13.8. The number of aromatic nitrogens is 2. The van der Waals surface area contributed by atoms with Gasteiger partial charge in [-0.3, -0.25) is 0 Å². The molecule has 0 aromatic carbocycles. The number of rotatable bonds is 4. The molecule has 1 aromatic rings. The lowest BCUT2D eigenvalue weighted by molar-refractivity contribution is -0.00557. The first-order valence-electron chi connectivity index (χ1n) is 7.44. The summed E-state index contributed by atoms with van der Waals surface area (Å²) in [7, 11) is 7.98. The molecule has 0 aliphatic carbocycles. The van der Waals surface area contributed by atoms with E-state index in [1.807, 2.05) is 51.1 Å². The summed E-state index contributed by atoms with van der Waals surface area (Å²) in [6.07, 6.45) is 3.37. The SMILES string of the molecule is Cc1cnc(N2CCC(O)(CN(C)C)CC2)nc1N(C)C. The van der Waals surface area contributed by atoms with Gasteiger partial charge in [-0.25, -0.2) is 4.98 Å². The first-order valence-corrected chi connectivity index (χ1v) is 7.44. The minimum absolute atomic E-state index is 0.588. The van der Waals surface area contributed by atoms with E-state index in [0.717, 1.165) is 43.3 Å². The molecule has 0 unspecified atom stereocenters. The van der Waals surface area contributed by atoms with Gasteiger partial charge in [0.1, 0.15) is 5.82 Å². The highest BCUT2D eigenvalue weighted by atomic mass is 16.3.